The van der Waals surface area contributed by atoms with Gasteiger partial charge in [0.25, 0.3) is 0 Å². The molecule has 3 aromatic rings. The summed E-state index contributed by atoms with van der Waals surface area (Å²) in [7, 11) is 4.04. The van der Waals surface area contributed by atoms with Gasteiger partial charge in [0, 0.05) is 31.7 Å². The average Bonchev–Trinajstić information content (AvgIpc) is 3.38. The molecule has 194 valence electrons. The molecule has 2 fully saturated rings. The molecule has 0 bridgehead atoms. The van der Waals surface area contributed by atoms with Crippen LogP contribution >= 0.6 is 0 Å². The van der Waals surface area contributed by atoms with Crippen LogP contribution in [0.3, 0.4) is 0 Å². The van der Waals surface area contributed by atoms with Crippen molar-refractivity contribution in [1.82, 2.24) is 34.4 Å². The molecule has 0 unspecified atom stereocenters. The molecule has 0 aromatic carbocycles. The van der Waals surface area contributed by atoms with Crippen LogP contribution in [0, 0.1) is 5.92 Å². The van der Waals surface area contributed by atoms with Crippen LogP contribution in [0.4, 0.5) is 11.8 Å². The molecule has 4 heterocycles. The second kappa shape index (κ2) is 11.7. The highest BCUT2D eigenvalue weighted by molar-refractivity contribution is 5.52. The first-order chi connectivity index (χ1) is 17.6. The van der Waals surface area contributed by atoms with Gasteiger partial charge in [-0.25, -0.2) is 15.0 Å². The van der Waals surface area contributed by atoms with Crippen molar-refractivity contribution in [2.24, 2.45) is 5.92 Å². The molecule has 0 atom stereocenters. The second-order valence-electron chi connectivity index (χ2n) is 9.59. The number of morpholine rings is 1. The fraction of sp³-hybridized carbons (Fsp3) is 0.625. The molecule has 12 heteroatoms. The molecule has 5 rings (SSSR count). The topological polar surface area (TPSA) is 115 Å². The molecule has 2 aliphatic rings. The number of rotatable bonds is 10. The van der Waals surface area contributed by atoms with Crippen LogP contribution in [-0.2, 0) is 4.74 Å². The number of nitrogens with one attached hydrogen (secondary N) is 1. The molecule has 1 N–H and O–H groups in total. The van der Waals surface area contributed by atoms with E-state index in [1.54, 1.807) is 16.9 Å². The van der Waals surface area contributed by atoms with Gasteiger partial charge in [0.2, 0.25) is 5.95 Å². The number of aromatic nitrogens is 6. The molecule has 1 saturated heterocycles. The van der Waals surface area contributed by atoms with E-state index in [4.69, 9.17) is 19.2 Å². The standard InChI is InChI=1S/C24H35N9O3/c1-31(2)7-12-35-20-14-25-23(26-15-20)29-19-5-3-18(4-6-19)16-36-24-30-22(32-8-10-34-11-9-32)13-21-27-17-28-33(21)24/h13-15,17-19H,3-12,16H2,1-2H3,(H,25,26,29). The molecule has 0 amide bonds. The van der Waals surface area contributed by atoms with Crippen LogP contribution < -0.4 is 19.7 Å². The van der Waals surface area contributed by atoms with Crippen molar-refractivity contribution >= 4 is 17.4 Å². The molecular weight excluding hydrogens is 462 g/mol. The summed E-state index contributed by atoms with van der Waals surface area (Å²) < 4.78 is 19.0. The van der Waals surface area contributed by atoms with E-state index in [1.807, 2.05) is 20.2 Å². The van der Waals surface area contributed by atoms with Crippen molar-refractivity contribution < 1.29 is 14.2 Å². The summed E-state index contributed by atoms with van der Waals surface area (Å²) in [6, 6.07) is 2.80. The fourth-order valence-corrected chi connectivity index (χ4v) is 4.50. The molecule has 12 nitrogen and oxygen atoms in total. The second-order valence-corrected chi connectivity index (χ2v) is 9.59. The molecule has 0 radical (unpaired) electrons. The summed E-state index contributed by atoms with van der Waals surface area (Å²) >= 11 is 0. The number of hydrogen-bond donors (Lipinski definition) is 1. The lowest BCUT2D eigenvalue weighted by molar-refractivity contribution is 0.122. The lowest BCUT2D eigenvalue weighted by Gasteiger charge is -2.29. The van der Waals surface area contributed by atoms with Gasteiger partial charge in [0.1, 0.15) is 18.8 Å². The first-order valence-electron chi connectivity index (χ1n) is 12.7. The van der Waals surface area contributed by atoms with E-state index in [-0.39, 0.29) is 0 Å². The molecule has 1 aliphatic carbocycles. The van der Waals surface area contributed by atoms with Crippen LogP contribution in [0.25, 0.3) is 5.65 Å². The van der Waals surface area contributed by atoms with E-state index < -0.39 is 0 Å². The van der Waals surface area contributed by atoms with Crippen molar-refractivity contribution in [3.63, 3.8) is 0 Å². The first kappa shape index (κ1) is 24.4. The van der Waals surface area contributed by atoms with Gasteiger partial charge in [0.15, 0.2) is 11.4 Å². The predicted octanol–water partition coefficient (Wildman–Crippen LogP) is 1.74. The van der Waals surface area contributed by atoms with E-state index in [2.05, 4.69) is 35.2 Å². The van der Waals surface area contributed by atoms with Gasteiger partial charge in [-0.3, -0.25) is 0 Å². The summed E-state index contributed by atoms with van der Waals surface area (Å²) in [6.45, 7) is 5.10. The van der Waals surface area contributed by atoms with Crippen LogP contribution in [0.15, 0.2) is 24.8 Å². The van der Waals surface area contributed by atoms with Crippen LogP contribution in [0.5, 0.6) is 11.8 Å². The maximum atomic E-state index is 6.19. The first-order valence-corrected chi connectivity index (χ1v) is 12.7. The maximum Gasteiger partial charge on any atom is 0.321 e. The Labute approximate surface area is 211 Å². The number of likely N-dealkylation sites (N-methyl/N-ethyl adjacent to an activating group) is 1. The number of fused-ring (bicyclic) bond motifs is 1. The van der Waals surface area contributed by atoms with E-state index >= 15 is 0 Å². The highest BCUT2D eigenvalue weighted by Crippen LogP contribution is 2.27. The Morgan fingerprint density at radius 2 is 1.83 bits per heavy atom. The smallest absolute Gasteiger partial charge is 0.321 e. The third-order valence-electron chi connectivity index (χ3n) is 6.62. The summed E-state index contributed by atoms with van der Waals surface area (Å²) in [5.41, 5.74) is 0.739. The lowest BCUT2D eigenvalue weighted by Crippen LogP contribution is -2.37. The Balaban J connectivity index is 1.10. The van der Waals surface area contributed by atoms with Crippen LogP contribution in [0.2, 0.25) is 0 Å². The third-order valence-corrected chi connectivity index (χ3v) is 6.62. The van der Waals surface area contributed by atoms with Gasteiger partial charge in [0.05, 0.1) is 32.2 Å². The maximum absolute atomic E-state index is 6.19. The Morgan fingerprint density at radius 1 is 1.06 bits per heavy atom. The zero-order chi connectivity index (χ0) is 24.7. The van der Waals surface area contributed by atoms with Crippen LogP contribution in [0.1, 0.15) is 25.7 Å². The van der Waals surface area contributed by atoms with Crippen LogP contribution in [-0.4, -0.2) is 101 Å². The minimum atomic E-state index is 0.353. The van der Waals surface area contributed by atoms with Crippen molar-refractivity contribution in [3.05, 3.63) is 24.8 Å². The van der Waals surface area contributed by atoms with Crippen molar-refractivity contribution in [3.8, 4) is 11.8 Å². The molecule has 36 heavy (non-hydrogen) atoms. The van der Waals surface area contributed by atoms with E-state index in [0.717, 1.165) is 56.8 Å². The minimum Gasteiger partial charge on any atom is -0.489 e. The summed E-state index contributed by atoms with van der Waals surface area (Å²) in [5, 5.41) is 7.76. The Kier molecular flexibility index (Phi) is 7.91. The van der Waals surface area contributed by atoms with E-state index in [0.29, 0.717) is 56.1 Å². The number of anilines is 2. The Hall–Kier alpha value is -3.25. The monoisotopic (exact) mass is 497 g/mol. The highest BCUT2D eigenvalue weighted by atomic mass is 16.5. The number of ether oxygens (including phenoxy) is 3. The summed E-state index contributed by atoms with van der Waals surface area (Å²) in [4.78, 5) is 22.2. The van der Waals surface area contributed by atoms with Crippen molar-refractivity contribution in [2.75, 3.05) is 70.4 Å². The van der Waals surface area contributed by atoms with Gasteiger partial charge in [-0.05, 0) is 45.7 Å². The molecule has 1 saturated carbocycles. The van der Waals surface area contributed by atoms with E-state index in [1.165, 1.54) is 6.33 Å². The zero-order valence-electron chi connectivity index (χ0n) is 21.0. The average molecular weight is 498 g/mol. The third kappa shape index (κ3) is 6.30. The summed E-state index contributed by atoms with van der Waals surface area (Å²) in [6.07, 6.45) is 9.20. The number of nitrogens with zero attached hydrogens (tertiary/aromatic N) is 8. The van der Waals surface area contributed by atoms with E-state index in [9.17, 15) is 0 Å². The Bertz CT molecular complexity index is 1090. The van der Waals surface area contributed by atoms with Gasteiger partial charge >= 0.3 is 6.01 Å². The van der Waals surface area contributed by atoms with Gasteiger partial charge in [-0.15, -0.1) is 0 Å². The normalized spacial score (nSPS) is 20.6. The summed E-state index contributed by atoms with van der Waals surface area (Å²) in [5.74, 6) is 2.66. The molecule has 0 spiro atoms. The minimum absolute atomic E-state index is 0.353. The fourth-order valence-electron chi connectivity index (χ4n) is 4.50. The van der Waals surface area contributed by atoms with Crippen molar-refractivity contribution in [2.45, 2.75) is 31.7 Å². The zero-order valence-corrected chi connectivity index (χ0v) is 21.0. The number of hydrogen-bond acceptors (Lipinski definition) is 11. The molecule has 3 aromatic heterocycles. The SMILES string of the molecule is CN(C)CCOc1cnc(NC2CCC(COc3nc(N4CCOCC4)cc4ncnn34)CC2)nc1. The van der Waals surface area contributed by atoms with Gasteiger partial charge in [-0.2, -0.15) is 14.6 Å². The molecular formula is C24H35N9O3. The van der Waals surface area contributed by atoms with Gasteiger partial charge in [-0.1, -0.05) is 0 Å². The highest BCUT2D eigenvalue weighted by Gasteiger charge is 2.23. The molecule has 1 aliphatic heterocycles. The van der Waals surface area contributed by atoms with Gasteiger partial charge < -0.3 is 29.3 Å². The van der Waals surface area contributed by atoms with Crippen molar-refractivity contribution in [1.29, 1.82) is 0 Å². The predicted molar refractivity (Wildman–Crippen MR) is 135 cm³/mol. The largest absolute Gasteiger partial charge is 0.489 e. The Morgan fingerprint density at radius 3 is 2.58 bits per heavy atom. The quantitative estimate of drug-likeness (QED) is 0.442. The lowest BCUT2D eigenvalue weighted by atomic mass is 9.86.